The molecule has 0 aromatic rings. The molecule has 0 spiro atoms. The first kappa shape index (κ1) is 71.2. The molecule has 12 heteroatoms. The van der Waals surface area contributed by atoms with Crippen LogP contribution in [0.4, 0.5) is 0 Å². The highest BCUT2D eigenvalue weighted by atomic mass is 16.7. The van der Waals surface area contributed by atoms with Gasteiger partial charge in [-0.1, -0.05) is 209 Å². The predicted octanol–water partition coefficient (Wildman–Crippen LogP) is 16.1. The highest BCUT2D eigenvalue weighted by Gasteiger charge is 2.50. The fourth-order valence-corrected chi connectivity index (χ4v) is 9.00. The lowest BCUT2D eigenvalue weighted by molar-refractivity contribution is -0.301. The Morgan fingerprint density at radius 3 is 1.27 bits per heavy atom. The Balaban J connectivity index is 2.69. The first-order valence-corrected chi connectivity index (χ1v) is 30.9. The monoisotopic (exact) mass is 1080 g/mol. The molecule has 1 rings (SSSR count). The van der Waals surface area contributed by atoms with Gasteiger partial charge in [0, 0.05) is 19.3 Å². The fraction of sp³-hybridized carbons (Fsp3) is 0.754. The van der Waals surface area contributed by atoms with Gasteiger partial charge < -0.3 is 39.0 Å². The summed E-state index contributed by atoms with van der Waals surface area (Å²) in [6, 6.07) is 0. The molecule has 1 aliphatic heterocycles. The molecule has 3 N–H and O–H groups in total. The van der Waals surface area contributed by atoms with Crippen LogP contribution in [-0.2, 0) is 42.9 Å². The van der Waals surface area contributed by atoms with Gasteiger partial charge in [-0.05, 0) is 109 Å². The number of aliphatic carboxylic acids is 1. The molecule has 1 fully saturated rings. The number of aliphatic hydroxyl groups is 2. The van der Waals surface area contributed by atoms with Gasteiger partial charge in [0.2, 0.25) is 0 Å². The molecule has 0 aliphatic carbocycles. The summed E-state index contributed by atoms with van der Waals surface area (Å²) in [5, 5.41) is 31.5. The van der Waals surface area contributed by atoms with E-state index in [9.17, 15) is 34.5 Å². The van der Waals surface area contributed by atoms with E-state index in [4.69, 9.17) is 23.7 Å². The van der Waals surface area contributed by atoms with Crippen molar-refractivity contribution in [2.75, 3.05) is 13.2 Å². The molecule has 6 unspecified atom stereocenters. The molecule has 442 valence electrons. The minimum absolute atomic E-state index is 0.0469. The number of esters is 3. The van der Waals surface area contributed by atoms with Gasteiger partial charge in [0.05, 0.1) is 6.61 Å². The summed E-state index contributed by atoms with van der Waals surface area (Å²) >= 11 is 0. The summed E-state index contributed by atoms with van der Waals surface area (Å²) in [5.74, 6) is -3.15. The number of carboxylic acids is 1. The van der Waals surface area contributed by atoms with Crippen molar-refractivity contribution in [3.8, 4) is 0 Å². The average Bonchev–Trinajstić information content (AvgIpc) is 3.42. The maximum Gasteiger partial charge on any atom is 0.335 e. The van der Waals surface area contributed by atoms with Crippen LogP contribution in [0.2, 0.25) is 0 Å². The topological polar surface area (TPSA) is 175 Å². The zero-order valence-corrected chi connectivity index (χ0v) is 48.7. The lowest BCUT2D eigenvalue weighted by Gasteiger charge is -2.40. The van der Waals surface area contributed by atoms with Crippen LogP contribution < -0.4 is 0 Å². The Morgan fingerprint density at radius 1 is 0.442 bits per heavy atom. The van der Waals surface area contributed by atoms with Crippen molar-refractivity contribution in [3.63, 3.8) is 0 Å². The zero-order valence-electron chi connectivity index (χ0n) is 48.7. The van der Waals surface area contributed by atoms with E-state index < -0.39 is 67.3 Å². The van der Waals surface area contributed by atoms with Crippen LogP contribution in [0, 0.1) is 0 Å². The normalized spacial score (nSPS) is 18.5. The number of aliphatic hydroxyl groups excluding tert-OH is 2. The van der Waals surface area contributed by atoms with Crippen molar-refractivity contribution < 1.29 is 58.2 Å². The van der Waals surface area contributed by atoms with E-state index in [0.29, 0.717) is 19.3 Å². The number of carbonyl (C=O) groups is 4. The third-order valence-electron chi connectivity index (χ3n) is 13.7. The number of carbonyl (C=O) groups excluding carboxylic acids is 3. The number of unbranched alkanes of at least 4 members (excludes halogenated alkanes) is 26. The number of hydrogen-bond acceptors (Lipinski definition) is 11. The van der Waals surface area contributed by atoms with Gasteiger partial charge in [-0.3, -0.25) is 14.4 Å². The minimum Gasteiger partial charge on any atom is -0.479 e. The van der Waals surface area contributed by atoms with Gasteiger partial charge in [0.25, 0.3) is 0 Å². The standard InChI is InChI=1S/C65H110O12/c1-4-7-10-13-16-19-22-25-27-28-29-30-32-34-36-39-42-45-48-51-57(66)73-54-56(75-58(67)52-49-46-43-40-38-35-31-26-23-20-17-14-11-8-5-2)55-74-65-63(61(70)60(69)62(77-65)64(71)72)76-59(68)53-50-47-44-41-37-33-24-21-18-15-12-9-6-3/h7,10,16,19,21,24-27,29-31,56,60-63,65,69-70H,4-6,8-9,11-15,17-18,20,22-23,28,32-55H2,1-3H3,(H,71,72)/b10-7-,19-16-,24-21-,27-25-,30-29-,31-26-. The maximum atomic E-state index is 13.2. The predicted molar refractivity (Wildman–Crippen MR) is 312 cm³/mol. The van der Waals surface area contributed by atoms with Gasteiger partial charge in [-0.2, -0.15) is 0 Å². The van der Waals surface area contributed by atoms with E-state index in [0.717, 1.165) is 141 Å². The summed E-state index contributed by atoms with van der Waals surface area (Å²) < 4.78 is 28.4. The second-order valence-electron chi connectivity index (χ2n) is 20.9. The van der Waals surface area contributed by atoms with E-state index >= 15 is 0 Å². The van der Waals surface area contributed by atoms with Crippen molar-refractivity contribution in [1.82, 2.24) is 0 Å². The fourth-order valence-electron chi connectivity index (χ4n) is 9.00. The summed E-state index contributed by atoms with van der Waals surface area (Å²) in [6.07, 6.45) is 54.3. The van der Waals surface area contributed by atoms with E-state index in [1.54, 1.807) is 0 Å². The average molecular weight is 1080 g/mol. The second kappa shape index (κ2) is 52.8. The lowest BCUT2D eigenvalue weighted by atomic mass is 9.98. The Hall–Kier alpha value is -3.84. The zero-order chi connectivity index (χ0) is 56.1. The number of ether oxygens (including phenoxy) is 5. The Labute approximate surface area is 468 Å². The molecule has 0 saturated carbocycles. The van der Waals surface area contributed by atoms with Crippen molar-refractivity contribution in [2.24, 2.45) is 0 Å². The largest absolute Gasteiger partial charge is 0.479 e. The first-order valence-electron chi connectivity index (χ1n) is 30.9. The Morgan fingerprint density at radius 2 is 0.818 bits per heavy atom. The van der Waals surface area contributed by atoms with E-state index in [1.165, 1.54) is 64.2 Å². The molecule has 12 nitrogen and oxygen atoms in total. The van der Waals surface area contributed by atoms with Crippen molar-refractivity contribution in [2.45, 2.75) is 302 Å². The number of hydrogen-bond donors (Lipinski definition) is 3. The molecule has 6 atom stereocenters. The summed E-state index contributed by atoms with van der Waals surface area (Å²) in [4.78, 5) is 51.2. The second-order valence-corrected chi connectivity index (χ2v) is 20.9. The number of allylic oxidation sites excluding steroid dienone is 12. The van der Waals surface area contributed by atoms with Gasteiger partial charge in [-0.25, -0.2) is 4.79 Å². The molecule has 0 aromatic heterocycles. The smallest absolute Gasteiger partial charge is 0.335 e. The maximum absolute atomic E-state index is 13.2. The van der Waals surface area contributed by atoms with Crippen LogP contribution in [0.5, 0.6) is 0 Å². The Kier molecular flexibility index (Phi) is 48.8. The van der Waals surface area contributed by atoms with Crippen LogP contribution >= 0.6 is 0 Å². The molecular weight excluding hydrogens is 973 g/mol. The molecule has 1 saturated heterocycles. The highest BCUT2D eigenvalue weighted by Crippen LogP contribution is 2.26. The minimum atomic E-state index is -1.91. The third kappa shape index (κ3) is 42.7. The quantitative estimate of drug-likeness (QED) is 0.0228. The van der Waals surface area contributed by atoms with Gasteiger partial charge >= 0.3 is 23.9 Å². The number of rotatable bonds is 52. The molecule has 1 aliphatic rings. The van der Waals surface area contributed by atoms with Crippen LogP contribution in [0.3, 0.4) is 0 Å². The molecule has 0 radical (unpaired) electrons. The van der Waals surface area contributed by atoms with Crippen LogP contribution in [0.15, 0.2) is 72.9 Å². The first-order chi connectivity index (χ1) is 37.6. The van der Waals surface area contributed by atoms with E-state index in [1.807, 2.05) is 0 Å². The summed E-state index contributed by atoms with van der Waals surface area (Å²) in [6.45, 7) is 5.85. The van der Waals surface area contributed by atoms with E-state index in [-0.39, 0.29) is 25.9 Å². The van der Waals surface area contributed by atoms with Crippen LogP contribution in [0.1, 0.15) is 265 Å². The molecule has 77 heavy (non-hydrogen) atoms. The van der Waals surface area contributed by atoms with Gasteiger partial charge in [0.1, 0.15) is 18.8 Å². The summed E-state index contributed by atoms with van der Waals surface area (Å²) in [7, 11) is 0. The van der Waals surface area contributed by atoms with Gasteiger partial charge in [0.15, 0.2) is 24.6 Å². The molecule has 0 amide bonds. The third-order valence-corrected chi connectivity index (χ3v) is 13.7. The molecule has 0 bridgehead atoms. The van der Waals surface area contributed by atoms with Gasteiger partial charge in [-0.15, -0.1) is 0 Å². The number of carboxylic acid groups (broad SMARTS) is 1. The molecule has 1 heterocycles. The van der Waals surface area contributed by atoms with E-state index in [2.05, 4.69) is 93.7 Å². The molecular formula is C65H110O12. The summed E-state index contributed by atoms with van der Waals surface area (Å²) in [5.41, 5.74) is 0. The van der Waals surface area contributed by atoms with Crippen LogP contribution in [0.25, 0.3) is 0 Å². The Bertz CT molecular complexity index is 1620. The SMILES string of the molecule is CC/C=C\C/C=C\C/C=C\C/C=C\CCCCCCCCC(=O)OCC(COC1OC(C(=O)O)C(O)C(O)C1OC(=O)CCCCCCC/C=C\CCCCCC)OC(=O)CCCCCCC/C=C\CCCCCCCC. The molecule has 0 aromatic carbocycles. The highest BCUT2D eigenvalue weighted by molar-refractivity contribution is 5.74. The van der Waals surface area contributed by atoms with Crippen molar-refractivity contribution >= 4 is 23.9 Å². The van der Waals surface area contributed by atoms with Crippen molar-refractivity contribution in [3.05, 3.63) is 72.9 Å². The lowest BCUT2D eigenvalue weighted by Crippen LogP contribution is -2.61. The van der Waals surface area contributed by atoms with Crippen LogP contribution in [-0.4, -0.2) is 89.2 Å². The van der Waals surface area contributed by atoms with Crippen molar-refractivity contribution in [1.29, 1.82) is 0 Å².